The molecule has 1 aromatic rings. The number of fused-ring (bicyclic) bond motifs is 1. The molecule has 0 atom stereocenters. The minimum Gasteiger partial charge on any atom is -0.383 e. The summed E-state index contributed by atoms with van der Waals surface area (Å²) in [7, 11) is 1.51. The molecule has 1 heterocycles. The standard InChI is InChI=1S/C12H12FNO3/c1-7-5-8(13)6-9-10(7)14(3-4-17-2)12(16)11(9)15/h5-6H,3-4H2,1-2H3. The average Bonchev–Trinajstić information content (AvgIpc) is 2.51. The van der Waals surface area contributed by atoms with Crippen molar-refractivity contribution < 1.29 is 18.7 Å². The second-order valence-electron chi connectivity index (χ2n) is 3.90. The summed E-state index contributed by atoms with van der Waals surface area (Å²) in [6, 6.07) is 2.42. The number of hydrogen-bond acceptors (Lipinski definition) is 3. The number of benzene rings is 1. The number of amides is 1. The van der Waals surface area contributed by atoms with E-state index in [4.69, 9.17) is 4.74 Å². The molecule has 0 saturated carbocycles. The molecule has 0 saturated heterocycles. The fraction of sp³-hybridized carbons (Fsp3) is 0.333. The molecule has 0 unspecified atom stereocenters. The molecule has 0 spiro atoms. The topological polar surface area (TPSA) is 46.6 Å². The zero-order chi connectivity index (χ0) is 12.6. The van der Waals surface area contributed by atoms with Crippen molar-refractivity contribution in [2.75, 3.05) is 25.2 Å². The molecule has 0 fully saturated rings. The molecule has 0 bridgehead atoms. The molecule has 1 aromatic carbocycles. The highest BCUT2D eigenvalue weighted by Gasteiger charge is 2.37. The lowest BCUT2D eigenvalue weighted by molar-refractivity contribution is -0.114. The number of methoxy groups -OCH3 is 1. The van der Waals surface area contributed by atoms with E-state index >= 15 is 0 Å². The monoisotopic (exact) mass is 237 g/mol. The van der Waals surface area contributed by atoms with Crippen LogP contribution in [0.5, 0.6) is 0 Å². The third kappa shape index (κ3) is 1.82. The van der Waals surface area contributed by atoms with Gasteiger partial charge in [0.15, 0.2) is 0 Å². The predicted molar refractivity (Wildman–Crippen MR) is 59.7 cm³/mol. The van der Waals surface area contributed by atoms with Crippen molar-refractivity contribution in [3.05, 3.63) is 29.1 Å². The number of anilines is 1. The number of Topliss-reactive ketones (excluding diaryl/α,β-unsaturated/α-hetero) is 1. The highest BCUT2D eigenvalue weighted by Crippen LogP contribution is 2.32. The van der Waals surface area contributed by atoms with Gasteiger partial charge < -0.3 is 9.64 Å². The van der Waals surface area contributed by atoms with Gasteiger partial charge >= 0.3 is 0 Å². The molecule has 0 N–H and O–H groups in total. The van der Waals surface area contributed by atoms with Gasteiger partial charge in [0.25, 0.3) is 11.7 Å². The number of aryl methyl sites for hydroxylation is 1. The summed E-state index contributed by atoms with van der Waals surface area (Å²) < 4.78 is 18.1. The van der Waals surface area contributed by atoms with Gasteiger partial charge in [-0.25, -0.2) is 4.39 Å². The quantitative estimate of drug-likeness (QED) is 0.745. The lowest BCUT2D eigenvalue weighted by Gasteiger charge is -2.17. The molecule has 4 nitrogen and oxygen atoms in total. The molecule has 1 aliphatic rings. The number of carbonyl (C=O) groups is 2. The van der Waals surface area contributed by atoms with Crippen molar-refractivity contribution in [2.45, 2.75) is 6.92 Å². The molecule has 5 heteroatoms. The van der Waals surface area contributed by atoms with Gasteiger partial charge in [-0.3, -0.25) is 9.59 Å². The molecule has 0 radical (unpaired) electrons. The number of halogens is 1. The van der Waals surface area contributed by atoms with Crippen molar-refractivity contribution in [1.29, 1.82) is 0 Å². The second kappa shape index (κ2) is 4.25. The van der Waals surface area contributed by atoms with Crippen LogP contribution < -0.4 is 4.90 Å². The van der Waals surface area contributed by atoms with Gasteiger partial charge in [-0.15, -0.1) is 0 Å². The number of ether oxygens (including phenoxy) is 1. The predicted octanol–water partition coefficient (Wildman–Crippen LogP) is 1.31. The molecule has 1 aliphatic heterocycles. The van der Waals surface area contributed by atoms with Crippen molar-refractivity contribution in [3.8, 4) is 0 Å². The van der Waals surface area contributed by atoms with E-state index in [-0.39, 0.29) is 5.56 Å². The normalized spacial score (nSPS) is 14.4. The Morgan fingerprint density at radius 3 is 2.71 bits per heavy atom. The largest absolute Gasteiger partial charge is 0.383 e. The molecule has 0 aromatic heterocycles. The van der Waals surface area contributed by atoms with Gasteiger partial charge in [-0.1, -0.05) is 0 Å². The maximum absolute atomic E-state index is 13.2. The first-order chi connectivity index (χ1) is 8.06. The van der Waals surface area contributed by atoms with Crippen LogP contribution in [0.1, 0.15) is 15.9 Å². The van der Waals surface area contributed by atoms with Crippen molar-refractivity contribution >= 4 is 17.4 Å². The van der Waals surface area contributed by atoms with Crippen molar-refractivity contribution in [3.63, 3.8) is 0 Å². The highest BCUT2D eigenvalue weighted by molar-refractivity contribution is 6.52. The van der Waals surface area contributed by atoms with Crippen LogP contribution in [0, 0.1) is 12.7 Å². The number of carbonyl (C=O) groups excluding carboxylic acids is 2. The van der Waals surface area contributed by atoms with E-state index in [2.05, 4.69) is 0 Å². The van der Waals surface area contributed by atoms with Crippen LogP contribution in [0.3, 0.4) is 0 Å². The number of rotatable bonds is 3. The Labute approximate surface area is 98.0 Å². The Kier molecular flexibility index (Phi) is 2.93. The molecular weight excluding hydrogens is 225 g/mol. The fourth-order valence-electron chi connectivity index (χ4n) is 2.00. The lowest BCUT2D eigenvalue weighted by atomic mass is 10.1. The van der Waals surface area contributed by atoms with Crippen molar-refractivity contribution in [2.24, 2.45) is 0 Å². The molecular formula is C12H12FNO3. The number of hydrogen-bond donors (Lipinski definition) is 0. The first-order valence-electron chi connectivity index (χ1n) is 5.21. The van der Waals surface area contributed by atoms with E-state index in [1.54, 1.807) is 6.92 Å². The Hall–Kier alpha value is -1.75. The summed E-state index contributed by atoms with van der Waals surface area (Å²) in [5.41, 5.74) is 1.22. The zero-order valence-corrected chi connectivity index (χ0v) is 9.62. The maximum Gasteiger partial charge on any atom is 0.299 e. The number of ketones is 1. The molecule has 0 aliphatic carbocycles. The van der Waals surface area contributed by atoms with Crippen LogP contribution in [0.4, 0.5) is 10.1 Å². The second-order valence-corrected chi connectivity index (χ2v) is 3.90. The molecule has 1 amide bonds. The van der Waals surface area contributed by atoms with Gasteiger partial charge in [0.2, 0.25) is 0 Å². The van der Waals surface area contributed by atoms with E-state index in [9.17, 15) is 14.0 Å². The van der Waals surface area contributed by atoms with Crippen LogP contribution in [-0.2, 0) is 9.53 Å². The summed E-state index contributed by atoms with van der Waals surface area (Å²) in [6.45, 7) is 2.30. The Bertz CT molecular complexity index is 499. The van der Waals surface area contributed by atoms with Gasteiger partial charge in [-0.05, 0) is 24.6 Å². The minimum atomic E-state index is -0.654. The van der Waals surface area contributed by atoms with Crippen LogP contribution >= 0.6 is 0 Å². The first kappa shape index (κ1) is 11.7. The van der Waals surface area contributed by atoms with Crippen LogP contribution in [0.2, 0.25) is 0 Å². The minimum absolute atomic E-state index is 0.142. The summed E-state index contributed by atoms with van der Waals surface area (Å²) in [4.78, 5) is 24.7. The van der Waals surface area contributed by atoms with Crippen LogP contribution in [-0.4, -0.2) is 32.0 Å². The van der Waals surface area contributed by atoms with E-state index in [0.29, 0.717) is 24.4 Å². The molecule has 17 heavy (non-hydrogen) atoms. The fourth-order valence-corrected chi connectivity index (χ4v) is 2.00. The third-order valence-corrected chi connectivity index (χ3v) is 2.74. The van der Waals surface area contributed by atoms with Gasteiger partial charge in [0.1, 0.15) is 5.82 Å². The summed E-state index contributed by atoms with van der Waals surface area (Å²) in [6.07, 6.45) is 0. The number of nitrogens with zero attached hydrogens (tertiary/aromatic N) is 1. The molecule has 90 valence electrons. The Morgan fingerprint density at radius 2 is 2.06 bits per heavy atom. The van der Waals surface area contributed by atoms with Crippen LogP contribution in [0.15, 0.2) is 12.1 Å². The first-order valence-corrected chi connectivity index (χ1v) is 5.21. The summed E-state index contributed by atoms with van der Waals surface area (Å²) in [5, 5.41) is 0. The third-order valence-electron chi connectivity index (χ3n) is 2.74. The summed E-state index contributed by atoms with van der Waals surface area (Å²) in [5.74, 6) is -1.78. The lowest BCUT2D eigenvalue weighted by Crippen LogP contribution is -2.32. The van der Waals surface area contributed by atoms with Gasteiger partial charge in [-0.2, -0.15) is 0 Å². The van der Waals surface area contributed by atoms with E-state index < -0.39 is 17.5 Å². The maximum atomic E-state index is 13.2. The van der Waals surface area contributed by atoms with E-state index in [1.165, 1.54) is 18.1 Å². The van der Waals surface area contributed by atoms with E-state index in [0.717, 1.165) is 6.07 Å². The Morgan fingerprint density at radius 1 is 1.35 bits per heavy atom. The highest BCUT2D eigenvalue weighted by atomic mass is 19.1. The SMILES string of the molecule is COCCN1C(=O)C(=O)c2cc(F)cc(C)c21. The zero-order valence-electron chi connectivity index (χ0n) is 9.62. The van der Waals surface area contributed by atoms with Gasteiger partial charge in [0, 0.05) is 13.7 Å². The van der Waals surface area contributed by atoms with Crippen LogP contribution in [0.25, 0.3) is 0 Å². The van der Waals surface area contributed by atoms with Crippen molar-refractivity contribution in [1.82, 2.24) is 0 Å². The summed E-state index contributed by atoms with van der Waals surface area (Å²) >= 11 is 0. The average molecular weight is 237 g/mol. The van der Waals surface area contributed by atoms with Gasteiger partial charge in [0.05, 0.1) is 17.9 Å². The molecule has 2 rings (SSSR count). The Balaban J connectivity index is 2.48. The van der Waals surface area contributed by atoms with E-state index in [1.807, 2.05) is 0 Å². The smallest absolute Gasteiger partial charge is 0.299 e.